The van der Waals surface area contributed by atoms with Gasteiger partial charge in [0, 0.05) is 32.2 Å². The summed E-state index contributed by atoms with van der Waals surface area (Å²) in [5.41, 5.74) is 5.58. The highest BCUT2D eigenvalue weighted by atomic mass is 16.5. The number of carbonyl (C=O) groups excluding carboxylic acids is 1. The van der Waals surface area contributed by atoms with Crippen LogP contribution < -0.4 is 11.1 Å². The zero-order valence-corrected chi connectivity index (χ0v) is 13.0. The molecule has 2 fully saturated rings. The van der Waals surface area contributed by atoms with Crippen LogP contribution in [0.4, 0.5) is 0 Å². The van der Waals surface area contributed by atoms with Gasteiger partial charge in [-0.1, -0.05) is 6.92 Å². The minimum absolute atomic E-state index is 0.00734. The van der Waals surface area contributed by atoms with Crippen LogP contribution in [0.3, 0.4) is 0 Å². The van der Waals surface area contributed by atoms with Crippen molar-refractivity contribution in [1.29, 1.82) is 0 Å². The molecule has 20 heavy (non-hydrogen) atoms. The van der Waals surface area contributed by atoms with Crippen molar-refractivity contribution in [3.05, 3.63) is 0 Å². The number of likely N-dealkylation sites (tertiary alicyclic amines) is 1. The highest BCUT2D eigenvalue weighted by Crippen LogP contribution is 2.32. The third-order valence-electron chi connectivity index (χ3n) is 4.92. The van der Waals surface area contributed by atoms with E-state index in [2.05, 4.69) is 24.1 Å². The van der Waals surface area contributed by atoms with Crippen molar-refractivity contribution < 1.29 is 9.53 Å². The van der Waals surface area contributed by atoms with E-state index < -0.39 is 0 Å². The number of nitrogens with one attached hydrogen (secondary N) is 1. The monoisotopic (exact) mass is 283 g/mol. The fraction of sp³-hybridized carbons (Fsp3) is 0.933. The summed E-state index contributed by atoms with van der Waals surface area (Å²) in [6.45, 7) is 9.91. The highest BCUT2D eigenvalue weighted by Gasteiger charge is 2.42. The van der Waals surface area contributed by atoms with Gasteiger partial charge in [-0.15, -0.1) is 0 Å². The van der Waals surface area contributed by atoms with Crippen molar-refractivity contribution in [3.8, 4) is 0 Å². The molecule has 0 saturated carbocycles. The molecule has 3 N–H and O–H groups in total. The normalized spacial score (nSPS) is 36.2. The maximum Gasteiger partial charge on any atom is 0.226 e. The molecule has 0 aromatic carbocycles. The first-order valence-corrected chi connectivity index (χ1v) is 7.91. The minimum Gasteiger partial charge on any atom is -0.374 e. The van der Waals surface area contributed by atoms with E-state index in [9.17, 15) is 4.79 Å². The Morgan fingerprint density at radius 3 is 2.40 bits per heavy atom. The van der Waals surface area contributed by atoms with Gasteiger partial charge < -0.3 is 20.7 Å². The molecule has 5 nitrogen and oxygen atoms in total. The van der Waals surface area contributed by atoms with Gasteiger partial charge in [0.05, 0.1) is 18.1 Å². The first-order valence-electron chi connectivity index (χ1n) is 7.91. The van der Waals surface area contributed by atoms with E-state index in [-0.39, 0.29) is 24.0 Å². The molecule has 2 heterocycles. The molecule has 0 aromatic rings. The van der Waals surface area contributed by atoms with E-state index in [4.69, 9.17) is 10.5 Å². The lowest BCUT2D eigenvalue weighted by molar-refractivity contribution is -0.128. The summed E-state index contributed by atoms with van der Waals surface area (Å²) in [6, 6.07) is 0.312. The average molecular weight is 283 g/mol. The van der Waals surface area contributed by atoms with Gasteiger partial charge >= 0.3 is 0 Å². The molecule has 4 atom stereocenters. The topological polar surface area (TPSA) is 67.6 Å². The second kappa shape index (κ2) is 6.87. The predicted octanol–water partition coefficient (Wildman–Crippen LogP) is 0.585. The van der Waals surface area contributed by atoms with Crippen LogP contribution in [-0.2, 0) is 9.53 Å². The third kappa shape index (κ3) is 3.51. The lowest BCUT2D eigenvalue weighted by Crippen LogP contribution is -2.48. The van der Waals surface area contributed by atoms with E-state index in [0.717, 1.165) is 32.5 Å². The Morgan fingerprint density at radius 2 is 1.90 bits per heavy atom. The first kappa shape index (κ1) is 15.7. The number of piperidine rings is 1. The lowest BCUT2D eigenvalue weighted by atomic mass is 9.88. The van der Waals surface area contributed by atoms with Crippen molar-refractivity contribution >= 4 is 5.91 Å². The van der Waals surface area contributed by atoms with Gasteiger partial charge in [-0.25, -0.2) is 0 Å². The van der Waals surface area contributed by atoms with Gasteiger partial charge in [-0.3, -0.25) is 4.79 Å². The van der Waals surface area contributed by atoms with E-state index in [1.165, 1.54) is 0 Å². The number of rotatable bonds is 4. The van der Waals surface area contributed by atoms with Gasteiger partial charge in [-0.05, 0) is 32.6 Å². The van der Waals surface area contributed by atoms with Gasteiger partial charge in [0.1, 0.15) is 0 Å². The third-order valence-corrected chi connectivity index (χ3v) is 4.92. The van der Waals surface area contributed by atoms with Crippen molar-refractivity contribution in [2.24, 2.45) is 17.6 Å². The van der Waals surface area contributed by atoms with Crippen molar-refractivity contribution in [3.63, 3.8) is 0 Å². The SMILES string of the molecule is CC1OC(C)C(C(=O)NC2CCN(CCN)CC2)C1C. The number of ether oxygens (including phenoxy) is 1. The Labute approximate surface area is 122 Å². The zero-order chi connectivity index (χ0) is 14.7. The smallest absolute Gasteiger partial charge is 0.226 e. The maximum atomic E-state index is 12.5. The van der Waals surface area contributed by atoms with Crippen LogP contribution in [0.2, 0.25) is 0 Å². The second-order valence-electron chi connectivity index (χ2n) is 6.34. The molecule has 0 radical (unpaired) electrons. The Bertz CT molecular complexity index is 329. The van der Waals surface area contributed by atoms with Crippen LogP contribution in [0.1, 0.15) is 33.6 Å². The molecule has 2 saturated heterocycles. The molecule has 2 aliphatic heterocycles. The Balaban J connectivity index is 1.81. The van der Waals surface area contributed by atoms with E-state index in [1.54, 1.807) is 0 Å². The number of nitrogens with zero attached hydrogens (tertiary/aromatic N) is 1. The summed E-state index contributed by atoms with van der Waals surface area (Å²) in [7, 11) is 0. The molecule has 1 amide bonds. The molecular formula is C15H29N3O2. The molecule has 2 aliphatic rings. The minimum atomic E-state index is -0.00734. The first-order chi connectivity index (χ1) is 9.52. The van der Waals surface area contributed by atoms with Gasteiger partial charge in [0.15, 0.2) is 0 Å². The summed E-state index contributed by atoms with van der Waals surface area (Å²) in [5.74, 6) is 0.459. The quantitative estimate of drug-likeness (QED) is 0.792. The average Bonchev–Trinajstić information content (AvgIpc) is 2.66. The standard InChI is InChI=1S/C15H29N3O2/c1-10-11(2)20-12(3)14(10)15(19)17-13-4-7-18(8-5-13)9-6-16/h10-14H,4-9,16H2,1-3H3,(H,17,19). The van der Waals surface area contributed by atoms with Crippen LogP contribution in [0.5, 0.6) is 0 Å². The van der Waals surface area contributed by atoms with E-state index in [1.807, 2.05) is 6.92 Å². The molecular weight excluding hydrogens is 254 g/mol. The molecule has 0 bridgehead atoms. The summed E-state index contributed by atoms with van der Waals surface area (Å²) >= 11 is 0. The fourth-order valence-electron chi connectivity index (χ4n) is 3.50. The van der Waals surface area contributed by atoms with Crippen molar-refractivity contribution in [2.75, 3.05) is 26.2 Å². The van der Waals surface area contributed by atoms with Crippen molar-refractivity contribution in [1.82, 2.24) is 10.2 Å². The zero-order valence-electron chi connectivity index (χ0n) is 13.0. The number of hydrogen-bond donors (Lipinski definition) is 2. The molecule has 0 aliphatic carbocycles. The maximum absolute atomic E-state index is 12.5. The molecule has 116 valence electrons. The number of amides is 1. The summed E-state index contributed by atoms with van der Waals surface area (Å²) < 4.78 is 5.76. The largest absolute Gasteiger partial charge is 0.374 e. The van der Waals surface area contributed by atoms with Crippen LogP contribution in [0.15, 0.2) is 0 Å². The molecule has 4 unspecified atom stereocenters. The predicted molar refractivity (Wildman–Crippen MR) is 79.3 cm³/mol. The van der Waals surface area contributed by atoms with Crippen LogP contribution in [0.25, 0.3) is 0 Å². The fourth-order valence-corrected chi connectivity index (χ4v) is 3.50. The lowest BCUT2D eigenvalue weighted by Gasteiger charge is -2.33. The number of nitrogens with two attached hydrogens (primary N) is 1. The Kier molecular flexibility index (Phi) is 5.41. The van der Waals surface area contributed by atoms with Gasteiger partial charge in [-0.2, -0.15) is 0 Å². The summed E-state index contributed by atoms with van der Waals surface area (Å²) in [5, 5.41) is 3.23. The summed E-state index contributed by atoms with van der Waals surface area (Å²) in [4.78, 5) is 14.8. The Hall–Kier alpha value is -0.650. The summed E-state index contributed by atoms with van der Waals surface area (Å²) in [6.07, 6.45) is 2.25. The molecule has 0 spiro atoms. The van der Waals surface area contributed by atoms with Gasteiger partial charge in [0.25, 0.3) is 0 Å². The van der Waals surface area contributed by atoms with Crippen LogP contribution >= 0.6 is 0 Å². The molecule has 2 rings (SSSR count). The van der Waals surface area contributed by atoms with Crippen LogP contribution in [-0.4, -0.2) is 55.2 Å². The number of carbonyl (C=O) groups is 1. The van der Waals surface area contributed by atoms with Crippen molar-refractivity contribution in [2.45, 2.75) is 51.9 Å². The number of hydrogen-bond acceptors (Lipinski definition) is 4. The molecule has 0 aromatic heterocycles. The van der Waals surface area contributed by atoms with E-state index >= 15 is 0 Å². The highest BCUT2D eigenvalue weighted by molar-refractivity contribution is 5.80. The van der Waals surface area contributed by atoms with Crippen LogP contribution in [0, 0.1) is 11.8 Å². The Morgan fingerprint density at radius 1 is 1.25 bits per heavy atom. The van der Waals surface area contributed by atoms with Gasteiger partial charge in [0.2, 0.25) is 5.91 Å². The second-order valence-corrected chi connectivity index (χ2v) is 6.34. The van der Waals surface area contributed by atoms with E-state index in [0.29, 0.717) is 18.5 Å². The molecule has 5 heteroatoms.